The molecule has 1 aromatic carbocycles. The molecule has 2 aliphatic rings. The van der Waals surface area contributed by atoms with Crippen LogP contribution in [0.3, 0.4) is 0 Å². The first-order chi connectivity index (χ1) is 12.2. The standard InChI is InChI=1S/C19H22N2O3S/c1-23-12-19-11-21(8-15(19)9-24-13-19)17(22)7-16-10-25-18(20-16)14-5-3-2-4-6-14/h2-6,10,15H,7-9,11-13H2,1H3/t15-,19-/m0/s1. The van der Waals surface area contributed by atoms with Crippen molar-refractivity contribution >= 4 is 17.2 Å². The van der Waals surface area contributed by atoms with Gasteiger partial charge in [0.15, 0.2) is 0 Å². The molecule has 0 N–H and O–H groups in total. The molecule has 0 aliphatic carbocycles. The van der Waals surface area contributed by atoms with E-state index < -0.39 is 0 Å². The maximum atomic E-state index is 12.7. The van der Waals surface area contributed by atoms with Crippen LogP contribution in [0.1, 0.15) is 5.69 Å². The van der Waals surface area contributed by atoms with E-state index >= 15 is 0 Å². The highest BCUT2D eigenvalue weighted by molar-refractivity contribution is 7.13. The third-order valence-electron chi connectivity index (χ3n) is 5.21. The van der Waals surface area contributed by atoms with Gasteiger partial charge in [-0.25, -0.2) is 4.98 Å². The van der Waals surface area contributed by atoms with Gasteiger partial charge in [0.1, 0.15) is 5.01 Å². The molecule has 6 heteroatoms. The molecule has 0 bridgehead atoms. The quantitative estimate of drug-likeness (QED) is 0.824. The molecular weight excluding hydrogens is 336 g/mol. The molecule has 2 atom stereocenters. The molecule has 0 unspecified atom stereocenters. The van der Waals surface area contributed by atoms with Crippen molar-refractivity contribution in [2.24, 2.45) is 11.3 Å². The van der Waals surface area contributed by atoms with E-state index in [0.29, 0.717) is 25.6 Å². The van der Waals surface area contributed by atoms with Gasteiger partial charge in [0.25, 0.3) is 0 Å². The number of likely N-dealkylation sites (tertiary alicyclic amines) is 1. The van der Waals surface area contributed by atoms with Gasteiger partial charge in [-0.2, -0.15) is 0 Å². The summed E-state index contributed by atoms with van der Waals surface area (Å²) in [6, 6.07) is 10.1. The Kier molecular flexibility index (Phi) is 4.58. The number of nitrogens with zero attached hydrogens (tertiary/aromatic N) is 2. The summed E-state index contributed by atoms with van der Waals surface area (Å²) in [4.78, 5) is 19.4. The minimum atomic E-state index is -0.0261. The van der Waals surface area contributed by atoms with Crippen LogP contribution in [0, 0.1) is 11.3 Å². The van der Waals surface area contributed by atoms with Crippen LogP contribution in [0.15, 0.2) is 35.7 Å². The predicted octanol–water partition coefficient (Wildman–Crippen LogP) is 2.47. The molecule has 2 aliphatic heterocycles. The van der Waals surface area contributed by atoms with Crippen LogP contribution in [0.4, 0.5) is 0 Å². The third-order valence-corrected chi connectivity index (χ3v) is 6.15. The number of amides is 1. The number of methoxy groups -OCH3 is 1. The fraction of sp³-hybridized carbons (Fsp3) is 0.474. The van der Waals surface area contributed by atoms with Crippen LogP contribution in [0.25, 0.3) is 10.6 Å². The maximum absolute atomic E-state index is 12.7. The Bertz CT molecular complexity index is 748. The molecule has 1 aromatic heterocycles. The summed E-state index contributed by atoms with van der Waals surface area (Å²) >= 11 is 1.59. The molecule has 25 heavy (non-hydrogen) atoms. The fourth-order valence-electron chi connectivity index (χ4n) is 3.88. The lowest BCUT2D eigenvalue weighted by molar-refractivity contribution is -0.130. The van der Waals surface area contributed by atoms with E-state index in [0.717, 1.165) is 36.0 Å². The summed E-state index contributed by atoms with van der Waals surface area (Å²) in [5.41, 5.74) is 1.92. The molecule has 5 nitrogen and oxygen atoms in total. The molecule has 2 aromatic rings. The van der Waals surface area contributed by atoms with Crippen molar-refractivity contribution in [2.75, 3.05) is 40.0 Å². The monoisotopic (exact) mass is 358 g/mol. The normalized spacial score (nSPS) is 25.3. The number of carbonyl (C=O) groups is 1. The summed E-state index contributed by atoms with van der Waals surface area (Å²) in [5, 5.41) is 2.96. The molecule has 1 amide bonds. The molecule has 3 heterocycles. The number of benzene rings is 1. The highest BCUT2D eigenvalue weighted by atomic mass is 32.1. The lowest BCUT2D eigenvalue weighted by Crippen LogP contribution is -2.37. The molecule has 0 radical (unpaired) electrons. The van der Waals surface area contributed by atoms with Crippen molar-refractivity contribution in [1.82, 2.24) is 9.88 Å². The highest BCUT2D eigenvalue weighted by Crippen LogP contribution is 2.41. The number of ether oxygens (including phenoxy) is 2. The van der Waals surface area contributed by atoms with Crippen LogP contribution < -0.4 is 0 Å². The van der Waals surface area contributed by atoms with Crippen molar-refractivity contribution in [3.05, 3.63) is 41.4 Å². The van der Waals surface area contributed by atoms with E-state index in [1.807, 2.05) is 40.6 Å². The lowest BCUT2D eigenvalue weighted by atomic mass is 9.82. The number of hydrogen-bond acceptors (Lipinski definition) is 5. The zero-order chi connectivity index (χ0) is 17.3. The van der Waals surface area contributed by atoms with E-state index in [9.17, 15) is 4.79 Å². The zero-order valence-electron chi connectivity index (χ0n) is 14.3. The largest absolute Gasteiger partial charge is 0.384 e. The fourth-order valence-corrected chi connectivity index (χ4v) is 4.71. The number of thiazole rings is 1. The van der Waals surface area contributed by atoms with Crippen LogP contribution in [-0.2, 0) is 20.7 Å². The van der Waals surface area contributed by atoms with Gasteiger partial charge < -0.3 is 14.4 Å². The van der Waals surface area contributed by atoms with Gasteiger partial charge in [-0.1, -0.05) is 30.3 Å². The number of rotatable bonds is 5. The first kappa shape index (κ1) is 16.7. The lowest BCUT2D eigenvalue weighted by Gasteiger charge is -2.25. The van der Waals surface area contributed by atoms with Crippen LogP contribution in [0.2, 0.25) is 0 Å². The van der Waals surface area contributed by atoms with Gasteiger partial charge in [-0.05, 0) is 0 Å². The number of fused-ring (bicyclic) bond motifs is 1. The number of aromatic nitrogens is 1. The Labute approximate surface area is 151 Å². The summed E-state index contributed by atoms with van der Waals surface area (Å²) in [7, 11) is 1.72. The Balaban J connectivity index is 1.42. The van der Waals surface area contributed by atoms with Crippen LogP contribution in [-0.4, -0.2) is 55.8 Å². The van der Waals surface area contributed by atoms with E-state index in [1.165, 1.54) is 0 Å². The maximum Gasteiger partial charge on any atom is 0.228 e. The Hall–Kier alpha value is -1.76. The minimum Gasteiger partial charge on any atom is -0.384 e. The predicted molar refractivity (Wildman–Crippen MR) is 96.5 cm³/mol. The van der Waals surface area contributed by atoms with E-state index in [2.05, 4.69) is 4.98 Å². The first-order valence-electron chi connectivity index (χ1n) is 8.54. The first-order valence-corrected chi connectivity index (χ1v) is 9.42. The molecule has 0 saturated carbocycles. The SMILES string of the molecule is COC[C@@]12COC[C@@H]1CN(C(=O)Cc1csc(-c3ccccc3)n1)C2. The minimum absolute atomic E-state index is 0.0261. The van der Waals surface area contributed by atoms with Gasteiger partial charge >= 0.3 is 0 Å². The summed E-state index contributed by atoms with van der Waals surface area (Å²) in [6.07, 6.45) is 0.361. The zero-order valence-corrected chi connectivity index (χ0v) is 15.1. The van der Waals surface area contributed by atoms with Crippen molar-refractivity contribution < 1.29 is 14.3 Å². The average molecular weight is 358 g/mol. The topological polar surface area (TPSA) is 51.7 Å². The van der Waals surface area contributed by atoms with E-state index in [1.54, 1.807) is 18.4 Å². The second-order valence-corrected chi connectivity index (χ2v) is 7.83. The number of carbonyl (C=O) groups excluding carboxylic acids is 1. The van der Waals surface area contributed by atoms with E-state index in [4.69, 9.17) is 9.47 Å². The van der Waals surface area contributed by atoms with Crippen molar-refractivity contribution in [2.45, 2.75) is 6.42 Å². The highest BCUT2D eigenvalue weighted by Gasteiger charge is 2.51. The van der Waals surface area contributed by atoms with Crippen molar-refractivity contribution in [1.29, 1.82) is 0 Å². The third kappa shape index (κ3) is 3.21. The molecule has 2 saturated heterocycles. The van der Waals surface area contributed by atoms with Crippen LogP contribution in [0.5, 0.6) is 0 Å². The van der Waals surface area contributed by atoms with Crippen molar-refractivity contribution in [3.63, 3.8) is 0 Å². The van der Waals surface area contributed by atoms with Crippen molar-refractivity contribution in [3.8, 4) is 10.6 Å². The van der Waals surface area contributed by atoms with Crippen LogP contribution >= 0.6 is 11.3 Å². The van der Waals surface area contributed by atoms with Gasteiger partial charge in [-0.3, -0.25) is 4.79 Å². The second-order valence-electron chi connectivity index (χ2n) is 6.97. The molecular formula is C19H22N2O3S. The number of hydrogen-bond donors (Lipinski definition) is 0. The van der Waals surface area contributed by atoms with Gasteiger partial charge in [0.05, 0.1) is 31.9 Å². The average Bonchev–Trinajstić information content (AvgIpc) is 3.30. The Morgan fingerprint density at radius 1 is 1.44 bits per heavy atom. The summed E-state index contributed by atoms with van der Waals surface area (Å²) in [6.45, 7) is 3.54. The van der Waals surface area contributed by atoms with E-state index in [-0.39, 0.29) is 11.3 Å². The summed E-state index contributed by atoms with van der Waals surface area (Å²) in [5.74, 6) is 0.529. The molecule has 0 spiro atoms. The smallest absolute Gasteiger partial charge is 0.228 e. The Morgan fingerprint density at radius 3 is 3.08 bits per heavy atom. The van der Waals surface area contributed by atoms with Gasteiger partial charge in [0.2, 0.25) is 5.91 Å². The molecule has 2 fully saturated rings. The Morgan fingerprint density at radius 2 is 2.28 bits per heavy atom. The second kappa shape index (κ2) is 6.86. The molecule has 132 valence electrons. The van der Waals surface area contributed by atoms with Gasteiger partial charge in [0, 0.05) is 42.5 Å². The summed E-state index contributed by atoms with van der Waals surface area (Å²) < 4.78 is 11.0. The van der Waals surface area contributed by atoms with Gasteiger partial charge in [-0.15, -0.1) is 11.3 Å². The molecule has 4 rings (SSSR count).